The molecular weight excluding hydrogens is 184 g/mol. The van der Waals surface area contributed by atoms with Gasteiger partial charge in [-0.05, 0) is 42.6 Å². The summed E-state index contributed by atoms with van der Waals surface area (Å²) >= 11 is 0. The zero-order chi connectivity index (χ0) is 11.1. The molecule has 0 radical (unpaired) electrons. The molecular formula is C14H22O. The van der Waals surface area contributed by atoms with Gasteiger partial charge in [0.05, 0.1) is 0 Å². The van der Waals surface area contributed by atoms with Crippen LogP contribution in [0.4, 0.5) is 0 Å². The summed E-state index contributed by atoms with van der Waals surface area (Å²) < 4.78 is 0. The Balaban J connectivity index is 2.33. The fraction of sp³-hybridized carbons (Fsp3) is 0.786. The molecule has 15 heavy (non-hydrogen) atoms. The number of ketones is 1. The molecule has 2 aliphatic carbocycles. The summed E-state index contributed by atoms with van der Waals surface area (Å²) in [6.45, 7) is 7.09. The Morgan fingerprint density at radius 2 is 1.80 bits per heavy atom. The summed E-state index contributed by atoms with van der Waals surface area (Å²) in [7, 11) is 0. The highest BCUT2D eigenvalue weighted by molar-refractivity contribution is 5.91. The minimum absolute atomic E-state index is 0.281. The van der Waals surface area contributed by atoms with E-state index in [0.717, 1.165) is 19.3 Å². The normalized spacial score (nSPS) is 35.4. The molecule has 1 saturated carbocycles. The van der Waals surface area contributed by atoms with E-state index in [1.165, 1.54) is 24.8 Å². The number of carbonyl (C=O) groups is 1. The van der Waals surface area contributed by atoms with E-state index < -0.39 is 0 Å². The van der Waals surface area contributed by atoms with Crippen LogP contribution < -0.4 is 0 Å². The van der Waals surface area contributed by atoms with Gasteiger partial charge in [-0.25, -0.2) is 0 Å². The predicted molar refractivity (Wildman–Crippen MR) is 62.7 cm³/mol. The molecule has 2 aliphatic rings. The van der Waals surface area contributed by atoms with Crippen LogP contribution in [0.25, 0.3) is 0 Å². The topological polar surface area (TPSA) is 17.1 Å². The number of hydrogen-bond donors (Lipinski definition) is 0. The number of carbonyl (C=O) groups excluding carboxylic acids is 1. The van der Waals surface area contributed by atoms with Gasteiger partial charge in [0.15, 0.2) is 5.78 Å². The van der Waals surface area contributed by atoms with Crippen molar-refractivity contribution in [2.75, 3.05) is 0 Å². The highest BCUT2D eigenvalue weighted by Gasteiger charge is 2.47. The van der Waals surface area contributed by atoms with Crippen LogP contribution in [0.5, 0.6) is 0 Å². The summed E-state index contributed by atoms with van der Waals surface area (Å²) in [5.74, 6) is 0.347. The Morgan fingerprint density at radius 3 is 2.33 bits per heavy atom. The zero-order valence-corrected chi connectivity index (χ0v) is 10.2. The number of rotatable bonds is 1. The molecule has 1 atom stereocenters. The largest absolute Gasteiger partial charge is 0.295 e. The molecule has 0 saturated heterocycles. The first kappa shape index (κ1) is 10.9. The van der Waals surface area contributed by atoms with Crippen molar-refractivity contribution in [3.05, 3.63) is 11.6 Å². The molecule has 2 rings (SSSR count). The molecule has 84 valence electrons. The maximum Gasteiger partial charge on any atom is 0.155 e. The van der Waals surface area contributed by atoms with Crippen molar-refractivity contribution in [3.63, 3.8) is 0 Å². The second kappa shape index (κ2) is 3.47. The van der Waals surface area contributed by atoms with Gasteiger partial charge in [0.25, 0.3) is 0 Å². The third kappa shape index (κ3) is 1.66. The first-order chi connectivity index (χ1) is 6.96. The summed E-state index contributed by atoms with van der Waals surface area (Å²) in [5, 5.41) is 0. The van der Waals surface area contributed by atoms with E-state index in [1.807, 2.05) is 6.08 Å². The maximum absolute atomic E-state index is 11.5. The molecule has 1 nitrogen and oxygen atoms in total. The lowest BCUT2D eigenvalue weighted by Crippen LogP contribution is -2.33. The molecule has 1 fully saturated rings. The van der Waals surface area contributed by atoms with Crippen LogP contribution in [0.3, 0.4) is 0 Å². The lowest BCUT2D eigenvalue weighted by atomic mass is 9.63. The molecule has 1 heteroatoms. The maximum atomic E-state index is 11.5. The summed E-state index contributed by atoms with van der Waals surface area (Å²) in [4.78, 5) is 11.5. The van der Waals surface area contributed by atoms with Gasteiger partial charge in [0.1, 0.15) is 0 Å². The number of allylic oxidation sites excluding steroid dienone is 2. The van der Waals surface area contributed by atoms with E-state index in [9.17, 15) is 4.79 Å². The third-order valence-electron chi connectivity index (χ3n) is 4.89. The average molecular weight is 206 g/mol. The monoisotopic (exact) mass is 206 g/mol. The van der Waals surface area contributed by atoms with Gasteiger partial charge >= 0.3 is 0 Å². The molecule has 0 spiro atoms. The van der Waals surface area contributed by atoms with Crippen LogP contribution in [-0.2, 0) is 4.79 Å². The fourth-order valence-corrected chi connectivity index (χ4v) is 3.32. The van der Waals surface area contributed by atoms with E-state index in [-0.39, 0.29) is 5.41 Å². The minimum atomic E-state index is 0.281. The van der Waals surface area contributed by atoms with Crippen LogP contribution in [0.1, 0.15) is 59.3 Å². The molecule has 0 bridgehead atoms. The Morgan fingerprint density at radius 1 is 1.07 bits per heavy atom. The van der Waals surface area contributed by atoms with E-state index in [0.29, 0.717) is 11.2 Å². The highest BCUT2D eigenvalue weighted by atomic mass is 16.1. The second-order valence-corrected chi connectivity index (χ2v) is 6.06. The third-order valence-corrected chi connectivity index (χ3v) is 4.89. The van der Waals surface area contributed by atoms with Gasteiger partial charge in [0, 0.05) is 6.42 Å². The van der Waals surface area contributed by atoms with Gasteiger partial charge < -0.3 is 0 Å². The van der Waals surface area contributed by atoms with E-state index >= 15 is 0 Å². The zero-order valence-electron chi connectivity index (χ0n) is 10.2. The van der Waals surface area contributed by atoms with Crippen molar-refractivity contribution in [3.8, 4) is 0 Å². The van der Waals surface area contributed by atoms with Gasteiger partial charge in [0.2, 0.25) is 0 Å². The standard InChI is InChI=1S/C14H22O/c1-13(2)8-5-9-14(13,3)11-6-4-7-12(15)10-11/h10H,4-9H2,1-3H3. The molecule has 1 unspecified atom stereocenters. The van der Waals surface area contributed by atoms with Crippen LogP contribution >= 0.6 is 0 Å². The lowest BCUT2D eigenvalue weighted by Gasteiger charge is -2.41. The molecule has 0 aromatic carbocycles. The van der Waals surface area contributed by atoms with Crippen molar-refractivity contribution in [1.82, 2.24) is 0 Å². The van der Waals surface area contributed by atoms with Gasteiger partial charge in [-0.2, -0.15) is 0 Å². The quantitative estimate of drug-likeness (QED) is 0.636. The molecule has 0 aromatic heterocycles. The lowest BCUT2D eigenvalue weighted by molar-refractivity contribution is -0.115. The van der Waals surface area contributed by atoms with Crippen molar-refractivity contribution in [1.29, 1.82) is 0 Å². The van der Waals surface area contributed by atoms with Crippen LogP contribution in [0.15, 0.2) is 11.6 Å². The fourth-order valence-electron chi connectivity index (χ4n) is 3.32. The number of hydrogen-bond acceptors (Lipinski definition) is 1. The Hall–Kier alpha value is -0.590. The first-order valence-corrected chi connectivity index (χ1v) is 6.20. The first-order valence-electron chi connectivity index (χ1n) is 6.20. The summed E-state index contributed by atoms with van der Waals surface area (Å²) in [5.41, 5.74) is 2.08. The Bertz CT molecular complexity index is 311. The van der Waals surface area contributed by atoms with Crippen molar-refractivity contribution in [2.45, 2.75) is 59.3 Å². The van der Waals surface area contributed by atoms with Crippen molar-refractivity contribution >= 4 is 5.78 Å². The van der Waals surface area contributed by atoms with E-state index in [4.69, 9.17) is 0 Å². The summed E-state index contributed by atoms with van der Waals surface area (Å²) in [6, 6.07) is 0. The van der Waals surface area contributed by atoms with Crippen molar-refractivity contribution in [2.24, 2.45) is 10.8 Å². The van der Waals surface area contributed by atoms with Crippen LogP contribution in [0, 0.1) is 10.8 Å². The molecule has 0 amide bonds. The molecule has 0 aromatic rings. The highest BCUT2D eigenvalue weighted by Crippen LogP contribution is 2.57. The van der Waals surface area contributed by atoms with E-state index in [1.54, 1.807) is 0 Å². The average Bonchev–Trinajstić information content (AvgIpc) is 2.43. The van der Waals surface area contributed by atoms with Gasteiger partial charge in [-0.3, -0.25) is 4.79 Å². The molecule has 0 aliphatic heterocycles. The van der Waals surface area contributed by atoms with Gasteiger partial charge in [-0.1, -0.05) is 32.8 Å². The smallest absolute Gasteiger partial charge is 0.155 e. The SMILES string of the molecule is CC1(C)CCCC1(C)C1=CC(=O)CCC1. The minimum Gasteiger partial charge on any atom is -0.295 e. The Kier molecular flexibility index (Phi) is 2.52. The Labute approximate surface area is 92.9 Å². The van der Waals surface area contributed by atoms with Crippen molar-refractivity contribution < 1.29 is 4.79 Å². The molecule has 0 heterocycles. The summed E-state index contributed by atoms with van der Waals surface area (Å²) in [6.07, 6.45) is 8.81. The van der Waals surface area contributed by atoms with Gasteiger partial charge in [-0.15, -0.1) is 0 Å². The van der Waals surface area contributed by atoms with E-state index in [2.05, 4.69) is 20.8 Å². The molecule has 0 N–H and O–H groups in total. The predicted octanol–water partition coefficient (Wildman–Crippen LogP) is 3.88. The van der Waals surface area contributed by atoms with Crippen LogP contribution in [-0.4, -0.2) is 5.78 Å². The van der Waals surface area contributed by atoms with Crippen LogP contribution in [0.2, 0.25) is 0 Å². The second-order valence-electron chi connectivity index (χ2n) is 6.06.